The van der Waals surface area contributed by atoms with E-state index >= 15 is 0 Å². The summed E-state index contributed by atoms with van der Waals surface area (Å²) >= 11 is 6.75. The first-order valence-electron chi connectivity index (χ1n) is 7.64. The molecule has 23 heavy (non-hydrogen) atoms. The number of thiophene rings is 1. The quantitative estimate of drug-likeness (QED) is 0.808. The van der Waals surface area contributed by atoms with Gasteiger partial charge in [0.2, 0.25) is 0 Å². The molecule has 2 unspecified atom stereocenters. The number of hydrogen-bond acceptors (Lipinski definition) is 4. The summed E-state index contributed by atoms with van der Waals surface area (Å²) in [6.07, 6.45) is 2.73. The Hall–Kier alpha value is -1.24. The molecule has 1 N–H and O–H groups in total. The van der Waals surface area contributed by atoms with Crippen molar-refractivity contribution in [3.8, 4) is 0 Å². The van der Waals surface area contributed by atoms with Gasteiger partial charge < -0.3 is 10.1 Å². The van der Waals surface area contributed by atoms with Crippen molar-refractivity contribution in [2.75, 3.05) is 11.1 Å². The van der Waals surface area contributed by atoms with Gasteiger partial charge in [0.15, 0.2) is 0 Å². The minimum atomic E-state index is -0.886. The van der Waals surface area contributed by atoms with Gasteiger partial charge in [0.1, 0.15) is 6.10 Å². The first kappa shape index (κ1) is 16.6. The molecule has 3 rings (SSSR count). The van der Waals surface area contributed by atoms with Crippen molar-refractivity contribution in [2.24, 2.45) is 0 Å². The normalized spacial score (nSPS) is 18.5. The highest BCUT2D eigenvalue weighted by Crippen LogP contribution is 2.27. The number of rotatable bonds is 5. The number of ether oxygens (including phenoxy) is 1. The maximum Gasteiger partial charge on any atom is 0.261 e. The van der Waals surface area contributed by atoms with Gasteiger partial charge in [-0.15, -0.1) is 11.3 Å². The van der Waals surface area contributed by atoms with Crippen LogP contribution in [0.5, 0.6) is 0 Å². The van der Waals surface area contributed by atoms with Crippen molar-refractivity contribution in [3.63, 3.8) is 0 Å². The van der Waals surface area contributed by atoms with Crippen LogP contribution >= 0.6 is 23.6 Å². The molecule has 0 saturated carbocycles. The topological polar surface area (TPSA) is 38.3 Å². The lowest BCUT2D eigenvalue weighted by Gasteiger charge is -2.13. The monoisotopic (exact) mass is 365 g/mol. The highest BCUT2D eigenvalue weighted by Gasteiger charge is 2.19. The van der Waals surface area contributed by atoms with Gasteiger partial charge in [-0.05, 0) is 60.6 Å². The summed E-state index contributed by atoms with van der Waals surface area (Å²) in [4.78, 5) is 0. The molecule has 2 atom stereocenters. The maximum absolute atomic E-state index is 12.2. The summed E-state index contributed by atoms with van der Waals surface area (Å²) < 4.78 is 18.8. The van der Waals surface area contributed by atoms with E-state index in [9.17, 15) is 4.21 Å². The summed E-state index contributed by atoms with van der Waals surface area (Å²) in [5.74, 6) is 0.697. The van der Waals surface area contributed by atoms with Crippen molar-refractivity contribution in [2.45, 2.75) is 36.5 Å². The van der Waals surface area contributed by atoms with Crippen LogP contribution in [-0.2, 0) is 28.4 Å². The first-order chi connectivity index (χ1) is 11.1. The summed E-state index contributed by atoms with van der Waals surface area (Å²) in [5, 5.41) is 5.58. The van der Waals surface area contributed by atoms with E-state index in [1.807, 2.05) is 36.6 Å². The van der Waals surface area contributed by atoms with Crippen molar-refractivity contribution in [3.05, 3.63) is 46.8 Å². The molecule has 2 heterocycles. The van der Waals surface area contributed by atoms with Crippen LogP contribution in [0.25, 0.3) is 0 Å². The van der Waals surface area contributed by atoms with Gasteiger partial charge >= 0.3 is 0 Å². The van der Waals surface area contributed by atoms with E-state index in [0.29, 0.717) is 10.9 Å². The van der Waals surface area contributed by atoms with Crippen molar-refractivity contribution in [1.29, 1.82) is 0 Å². The fraction of sp³-hybridized carbons (Fsp3) is 0.353. The van der Waals surface area contributed by atoms with E-state index in [1.54, 1.807) is 11.3 Å². The smallest absolute Gasteiger partial charge is 0.261 e. The fourth-order valence-corrected chi connectivity index (χ4v) is 5.17. The zero-order valence-corrected chi connectivity index (χ0v) is 15.4. The molecule has 6 heteroatoms. The Labute approximate surface area is 148 Å². The van der Waals surface area contributed by atoms with E-state index in [0.717, 1.165) is 29.2 Å². The average molecular weight is 366 g/mol. The van der Waals surface area contributed by atoms with Crippen LogP contribution in [0.3, 0.4) is 0 Å². The summed E-state index contributed by atoms with van der Waals surface area (Å²) in [6, 6.07) is 10.1. The molecule has 0 spiro atoms. The molecule has 0 amide bonds. The molecule has 0 bridgehead atoms. The van der Waals surface area contributed by atoms with E-state index in [1.165, 1.54) is 11.1 Å². The third kappa shape index (κ3) is 4.19. The fourth-order valence-electron chi connectivity index (χ4n) is 2.77. The van der Waals surface area contributed by atoms with E-state index < -0.39 is 10.8 Å². The largest absolute Gasteiger partial charge is 0.467 e. The number of hydrogen-bond donors (Lipinski definition) is 1. The molecule has 1 aromatic carbocycles. The van der Waals surface area contributed by atoms with Crippen molar-refractivity contribution in [1.82, 2.24) is 0 Å². The lowest BCUT2D eigenvalue weighted by Crippen LogP contribution is -2.16. The van der Waals surface area contributed by atoms with Crippen LogP contribution in [0.1, 0.15) is 24.5 Å². The van der Waals surface area contributed by atoms with Crippen LogP contribution in [0.15, 0.2) is 39.9 Å². The second-order valence-electron chi connectivity index (χ2n) is 5.57. The lowest BCUT2D eigenvalue weighted by molar-refractivity contribution is 0.217. The molecule has 0 radical (unpaired) electrons. The summed E-state index contributed by atoms with van der Waals surface area (Å²) in [6.45, 7) is 2.03. The van der Waals surface area contributed by atoms with Crippen LogP contribution in [0, 0.1) is 0 Å². The minimum absolute atomic E-state index is 0.0673. The number of aryl methyl sites for hydroxylation is 1. The Bertz CT molecular complexity index is 713. The van der Waals surface area contributed by atoms with Crippen LogP contribution in [0.2, 0.25) is 0 Å². The Kier molecular flexibility index (Phi) is 5.46. The molecule has 0 saturated heterocycles. The highest BCUT2D eigenvalue weighted by molar-refractivity contribution is 7.87. The van der Waals surface area contributed by atoms with Gasteiger partial charge in [0.05, 0.1) is 15.0 Å². The molecular formula is C17H19NO2S3. The molecule has 122 valence electrons. The lowest BCUT2D eigenvalue weighted by atomic mass is 9.97. The third-order valence-corrected chi connectivity index (χ3v) is 6.76. The third-order valence-electron chi connectivity index (χ3n) is 3.80. The SMILES string of the molecule is CC1Cc2c(CCCS(=O)c3cccs3)cccc2NC(=S)O1. The minimum Gasteiger partial charge on any atom is -0.467 e. The van der Waals surface area contributed by atoms with Gasteiger partial charge in [0, 0.05) is 17.9 Å². The number of nitrogens with one attached hydrogen (secondary N) is 1. The van der Waals surface area contributed by atoms with E-state index in [4.69, 9.17) is 17.0 Å². The van der Waals surface area contributed by atoms with Gasteiger partial charge in [-0.3, -0.25) is 4.21 Å². The predicted octanol–water partition coefficient (Wildman–Crippen LogP) is 4.15. The predicted molar refractivity (Wildman–Crippen MR) is 101 cm³/mol. The van der Waals surface area contributed by atoms with Crippen LogP contribution < -0.4 is 5.32 Å². The molecule has 3 nitrogen and oxygen atoms in total. The van der Waals surface area contributed by atoms with Gasteiger partial charge in [-0.1, -0.05) is 18.2 Å². The molecule has 1 aliphatic heterocycles. The Morgan fingerprint density at radius 2 is 2.26 bits per heavy atom. The van der Waals surface area contributed by atoms with Crippen LogP contribution in [-0.4, -0.2) is 21.2 Å². The number of benzene rings is 1. The van der Waals surface area contributed by atoms with Gasteiger partial charge in [-0.25, -0.2) is 0 Å². The highest BCUT2D eigenvalue weighted by atomic mass is 32.2. The van der Waals surface area contributed by atoms with Crippen molar-refractivity contribution < 1.29 is 8.95 Å². The maximum atomic E-state index is 12.2. The Balaban J connectivity index is 1.68. The Morgan fingerprint density at radius 3 is 3.04 bits per heavy atom. The molecule has 2 aromatic rings. The van der Waals surface area contributed by atoms with E-state index in [-0.39, 0.29) is 6.10 Å². The number of fused-ring (bicyclic) bond motifs is 1. The van der Waals surface area contributed by atoms with E-state index in [2.05, 4.69) is 11.4 Å². The number of anilines is 1. The second-order valence-corrected chi connectivity index (χ2v) is 8.69. The molecular weight excluding hydrogens is 346 g/mol. The second kappa shape index (κ2) is 7.55. The molecule has 0 fully saturated rings. The van der Waals surface area contributed by atoms with Gasteiger partial charge in [-0.2, -0.15) is 0 Å². The standard InChI is InChI=1S/C17H19NO2S3/c1-12-11-14-13(5-2-7-15(14)18-17(21)20-12)6-4-10-23(19)16-8-3-9-22-16/h2-3,5,7-9,12H,4,6,10-11H2,1H3,(H,18,21). The molecule has 1 aliphatic rings. The first-order valence-corrected chi connectivity index (χ1v) is 10.2. The molecule has 1 aromatic heterocycles. The summed E-state index contributed by atoms with van der Waals surface area (Å²) in [7, 11) is -0.886. The Morgan fingerprint density at radius 1 is 1.39 bits per heavy atom. The zero-order valence-electron chi connectivity index (χ0n) is 12.9. The average Bonchev–Trinajstić information content (AvgIpc) is 2.99. The van der Waals surface area contributed by atoms with Crippen molar-refractivity contribution >= 4 is 45.2 Å². The zero-order chi connectivity index (χ0) is 16.2. The number of thiocarbonyl (C=S) groups is 1. The van der Waals surface area contributed by atoms with Gasteiger partial charge in [0.25, 0.3) is 5.17 Å². The summed E-state index contributed by atoms with van der Waals surface area (Å²) in [5.41, 5.74) is 3.59. The van der Waals surface area contributed by atoms with Crippen LogP contribution in [0.4, 0.5) is 5.69 Å². The molecule has 0 aliphatic carbocycles.